The fraction of sp³-hybridized carbons (Fsp3) is 0.500. The van der Waals surface area contributed by atoms with Gasteiger partial charge in [-0.25, -0.2) is 4.39 Å². The maximum atomic E-state index is 13.0. The molecule has 0 heterocycles. The predicted octanol–water partition coefficient (Wildman–Crippen LogP) is 3.01. The lowest BCUT2D eigenvalue weighted by Crippen LogP contribution is -2.10. The third-order valence-electron chi connectivity index (χ3n) is 2.26. The van der Waals surface area contributed by atoms with Gasteiger partial charge in [-0.2, -0.15) is 0 Å². The highest BCUT2D eigenvalue weighted by Gasteiger charge is 2.06. The summed E-state index contributed by atoms with van der Waals surface area (Å²) >= 11 is 0. The molecule has 0 aliphatic carbocycles. The van der Waals surface area contributed by atoms with Crippen molar-refractivity contribution in [3.63, 3.8) is 0 Å². The van der Waals surface area contributed by atoms with E-state index in [0.717, 1.165) is 11.3 Å². The quantitative estimate of drug-likeness (QED) is 0.756. The Balaban J connectivity index is 2.77. The van der Waals surface area contributed by atoms with E-state index in [4.69, 9.17) is 4.74 Å². The summed E-state index contributed by atoms with van der Waals surface area (Å²) in [5.41, 5.74) is 1.99. The summed E-state index contributed by atoms with van der Waals surface area (Å²) in [6.07, 6.45) is 0. The third-order valence-corrected chi connectivity index (χ3v) is 2.26. The molecule has 0 aliphatic heterocycles. The lowest BCUT2D eigenvalue weighted by molar-refractivity contribution is 0.210. The summed E-state index contributed by atoms with van der Waals surface area (Å²) in [4.78, 5) is 0. The number of methoxy groups -OCH3 is 1. The molecule has 0 aliphatic rings. The normalized spacial score (nSPS) is 10.7. The number of benzene rings is 1. The molecule has 0 amide bonds. The van der Waals surface area contributed by atoms with E-state index >= 15 is 0 Å². The zero-order chi connectivity index (χ0) is 11.3. The topological polar surface area (TPSA) is 21.3 Å². The number of hydrogen-bond acceptors (Lipinski definition) is 2. The van der Waals surface area contributed by atoms with E-state index in [2.05, 4.69) is 19.2 Å². The van der Waals surface area contributed by atoms with Crippen molar-refractivity contribution in [3.8, 4) is 0 Å². The second-order valence-corrected chi connectivity index (χ2v) is 3.81. The maximum absolute atomic E-state index is 13.0. The lowest BCUT2D eigenvalue weighted by Gasteiger charge is -2.14. The molecule has 1 aromatic carbocycles. The van der Waals surface area contributed by atoms with Crippen molar-refractivity contribution in [1.29, 1.82) is 0 Å². The minimum absolute atomic E-state index is 0.209. The molecule has 1 aromatic rings. The summed E-state index contributed by atoms with van der Waals surface area (Å²) in [6.45, 7) is 5.50. The van der Waals surface area contributed by atoms with Gasteiger partial charge in [0.2, 0.25) is 0 Å². The molecule has 0 saturated carbocycles. The molecule has 0 bridgehead atoms. The van der Waals surface area contributed by atoms with Crippen molar-refractivity contribution < 1.29 is 9.13 Å². The summed E-state index contributed by atoms with van der Waals surface area (Å²) in [5.74, 6) is 0.176. The second-order valence-electron chi connectivity index (χ2n) is 3.81. The molecular weight excluding hydrogens is 193 g/mol. The fourth-order valence-electron chi connectivity index (χ4n) is 1.47. The standard InChI is InChI=1S/C12H18FNO/c1-9(2)11-5-4-10(13)8-12(11)14-6-7-15-3/h4-5,8-9,14H,6-7H2,1-3H3. The number of ether oxygens (including phenoxy) is 1. The zero-order valence-electron chi connectivity index (χ0n) is 9.51. The predicted molar refractivity (Wildman–Crippen MR) is 60.9 cm³/mol. The molecule has 0 fully saturated rings. The van der Waals surface area contributed by atoms with Crippen LogP contribution in [-0.2, 0) is 4.74 Å². The molecule has 0 saturated heterocycles. The van der Waals surface area contributed by atoms with Crippen LogP contribution in [0.25, 0.3) is 0 Å². The van der Waals surface area contributed by atoms with Crippen LogP contribution in [0.15, 0.2) is 18.2 Å². The van der Waals surface area contributed by atoms with Crippen molar-refractivity contribution in [2.75, 3.05) is 25.6 Å². The van der Waals surface area contributed by atoms with Crippen LogP contribution in [0.3, 0.4) is 0 Å². The maximum Gasteiger partial charge on any atom is 0.125 e. The monoisotopic (exact) mass is 211 g/mol. The van der Waals surface area contributed by atoms with Crippen LogP contribution < -0.4 is 5.32 Å². The first-order chi connectivity index (χ1) is 7.15. The van der Waals surface area contributed by atoms with Crippen LogP contribution in [0.4, 0.5) is 10.1 Å². The number of anilines is 1. The van der Waals surface area contributed by atoms with Crippen molar-refractivity contribution >= 4 is 5.69 Å². The van der Waals surface area contributed by atoms with Gasteiger partial charge >= 0.3 is 0 Å². The molecule has 0 spiro atoms. The van der Waals surface area contributed by atoms with E-state index in [1.54, 1.807) is 7.11 Å². The SMILES string of the molecule is COCCNc1cc(F)ccc1C(C)C. The van der Waals surface area contributed by atoms with Gasteiger partial charge in [-0.1, -0.05) is 19.9 Å². The molecular formula is C12H18FNO. The Labute approximate surface area is 90.4 Å². The number of nitrogens with one attached hydrogen (secondary N) is 1. The van der Waals surface area contributed by atoms with E-state index in [9.17, 15) is 4.39 Å². The van der Waals surface area contributed by atoms with Crippen LogP contribution in [0, 0.1) is 5.82 Å². The zero-order valence-corrected chi connectivity index (χ0v) is 9.51. The largest absolute Gasteiger partial charge is 0.383 e. The van der Waals surface area contributed by atoms with Crippen molar-refractivity contribution in [2.45, 2.75) is 19.8 Å². The molecule has 15 heavy (non-hydrogen) atoms. The Kier molecular flexibility index (Phi) is 4.56. The van der Waals surface area contributed by atoms with Crippen LogP contribution in [0.2, 0.25) is 0 Å². The Morgan fingerprint density at radius 1 is 1.40 bits per heavy atom. The van der Waals surface area contributed by atoms with E-state index < -0.39 is 0 Å². The highest BCUT2D eigenvalue weighted by Crippen LogP contribution is 2.24. The van der Waals surface area contributed by atoms with Gasteiger partial charge in [0.15, 0.2) is 0 Å². The summed E-state index contributed by atoms with van der Waals surface area (Å²) in [5, 5.41) is 3.17. The van der Waals surface area contributed by atoms with E-state index in [-0.39, 0.29) is 5.82 Å². The second kappa shape index (κ2) is 5.71. The summed E-state index contributed by atoms with van der Waals surface area (Å²) < 4.78 is 18.0. The minimum Gasteiger partial charge on any atom is -0.383 e. The molecule has 0 unspecified atom stereocenters. The number of rotatable bonds is 5. The molecule has 84 valence electrons. The Hall–Kier alpha value is -1.09. The van der Waals surface area contributed by atoms with E-state index in [1.807, 2.05) is 6.07 Å². The van der Waals surface area contributed by atoms with E-state index in [1.165, 1.54) is 12.1 Å². The average molecular weight is 211 g/mol. The van der Waals surface area contributed by atoms with Gasteiger partial charge in [-0.05, 0) is 23.6 Å². The first-order valence-corrected chi connectivity index (χ1v) is 5.17. The highest BCUT2D eigenvalue weighted by atomic mass is 19.1. The summed E-state index contributed by atoms with van der Waals surface area (Å²) in [7, 11) is 1.65. The van der Waals surface area contributed by atoms with Gasteiger partial charge in [0.05, 0.1) is 6.61 Å². The molecule has 2 nitrogen and oxygen atoms in total. The molecule has 3 heteroatoms. The van der Waals surface area contributed by atoms with Crippen LogP contribution in [-0.4, -0.2) is 20.3 Å². The Morgan fingerprint density at radius 3 is 2.73 bits per heavy atom. The van der Waals surface area contributed by atoms with Crippen molar-refractivity contribution in [2.24, 2.45) is 0 Å². The van der Waals surface area contributed by atoms with Crippen molar-refractivity contribution in [1.82, 2.24) is 0 Å². The number of hydrogen-bond donors (Lipinski definition) is 1. The minimum atomic E-state index is -0.209. The smallest absolute Gasteiger partial charge is 0.125 e. The Morgan fingerprint density at radius 2 is 2.13 bits per heavy atom. The highest BCUT2D eigenvalue weighted by molar-refractivity contribution is 5.52. The molecule has 1 N–H and O–H groups in total. The van der Waals surface area contributed by atoms with E-state index in [0.29, 0.717) is 19.1 Å². The number of halogens is 1. The van der Waals surface area contributed by atoms with Crippen LogP contribution in [0.1, 0.15) is 25.3 Å². The molecule has 0 radical (unpaired) electrons. The Bertz CT molecular complexity index is 312. The van der Waals surface area contributed by atoms with Gasteiger partial charge < -0.3 is 10.1 Å². The van der Waals surface area contributed by atoms with Crippen LogP contribution >= 0.6 is 0 Å². The average Bonchev–Trinajstić information content (AvgIpc) is 2.18. The van der Waals surface area contributed by atoms with Gasteiger partial charge in [0, 0.05) is 19.3 Å². The van der Waals surface area contributed by atoms with Crippen molar-refractivity contribution in [3.05, 3.63) is 29.6 Å². The van der Waals surface area contributed by atoms with Gasteiger partial charge in [-0.15, -0.1) is 0 Å². The molecule has 0 aromatic heterocycles. The first kappa shape index (κ1) is 12.0. The summed E-state index contributed by atoms with van der Waals surface area (Å²) in [6, 6.07) is 4.86. The van der Waals surface area contributed by atoms with Gasteiger partial charge in [-0.3, -0.25) is 0 Å². The van der Waals surface area contributed by atoms with Gasteiger partial charge in [0.25, 0.3) is 0 Å². The lowest BCUT2D eigenvalue weighted by atomic mass is 10.0. The first-order valence-electron chi connectivity index (χ1n) is 5.17. The fourth-order valence-corrected chi connectivity index (χ4v) is 1.47. The van der Waals surface area contributed by atoms with Crippen LogP contribution in [0.5, 0.6) is 0 Å². The van der Waals surface area contributed by atoms with Gasteiger partial charge in [0.1, 0.15) is 5.82 Å². The molecule has 0 atom stereocenters. The molecule has 1 rings (SSSR count). The third kappa shape index (κ3) is 3.51.